The maximum Gasteiger partial charge on any atom is 0.121 e. The fraction of sp³-hybridized carbons (Fsp3) is 0.455. The number of allylic oxidation sites excluding steroid dienone is 2. The van der Waals surface area contributed by atoms with Gasteiger partial charge in [0.1, 0.15) is 17.6 Å². The molecule has 1 aliphatic carbocycles. The van der Waals surface area contributed by atoms with E-state index in [0.29, 0.717) is 17.4 Å². The molecule has 1 N–H and O–H groups in total. The number of thioether (sulfide) groups is 1. The Balaban J connectivity index is 2.28. The molecule has 25 heavy (non-hydrogen) atoms. The summed E-state index contributed by atoms with van der Waals surface area (Å²) in [6.07, 6.45) is 5.76. The molecular formula is C22H30O2S. The minimum atomic E-state index is 0.0547. The average Bonchev–Trinajstić information content (AvgIpc) is 2.93. The molecule has 0 bridgehead atoms. The first-order valence-electron chi connectivity index (χ1n) is 9.04. The van der Waals surface area contributed by atoms with Gasteiger partial charge in [0.25, 0.3) is 0 Å². The lowest BCUT2D eigenvalue weighted by atomic mass is 10.0. The van der Waals surface area contributed by atoms with Crippen LogP contribution in [0.1, 0.15) is 58.1 Å². The van der Waals surface area contributed by atoms with Crippen LogP contribution in [0.25, 0.3) is 10.7 Å². The van der Waals surface area contributed by atoms with Gasteiger partial charge in [0.15, 0.2) is 0 Å². The van der Waals surface area contributed by atoms with Crippen molar-refractivity contribution in [2.24, 2.45) is 11.8 Å². The van der Waals surface area contributed by atoms with Crippen molar-refractivity contribution < 1.29 is 9.84 Å². The largest absolute Gasteiger partial charge is 0.508 e. The van der Waals surface area contributed by atoms with Crippen molar-refractivity contribution in [1.82, 2.24) is 0 Å². The van der Waals surface area contributed by atoms with Crippen LogP contribution in [0, 0.1) is 11.8 Å². The van der Waals surface area contributed by atoms with E-state index in [9.17, 15) is 5.11 Å². The minimum Gasteiger partial charge on any atom is -0.508 e. The third-order valence-electron chi connectivity index (χ3n) is 4.93. The Hall–Kier alpha value is -1.61. The van der Waals surface area contributed by atoms with Gasteiger partial charge >= 0.3 is 0 Å². The molecule has 0 aromatic heterocycles. The Morgan fingerprint density at radius 1 is 1.28 bits per heavy atom. The van der Waals surface area contributed by atoms with Crippen LogP contribution in [0.5, 0.6) is 5.75 Å². The van der Waals surface area contributed by atoms with Crippen molar-refractivity contribution >= 4 is 22.4 Å². The van der Waals surface area contributed by atoms with Gasteiger partial charge in [-0.3, -0.25) is 0 Å². The number of hydrogen-bond donors (Lipinski definition) is 1. The molecule has 1 aromatic rings. The number of aliphatic hydroxyl groups is 1. The van der Waals surface area contributed by atoms with E-state index in [-0.39, 0.29) is 11.9 Å². The average molecular weight is 359 g/mol. The van der Waals surface area contributed by atoms with Gasteiger partial charge in [-0.25, -0.2) is 0 Å². The standard InChI is InChI=1S/C22H30O2S/c1-7-15(4)25-17(6)20-11-19(16(5)23)12-21(13-20)24-22-10-14(3)9-18(22)8-2/h7,11-14,18,22-23H,5-6,8-10H2,1-4H3/b15-7-. The summed E-state index contributed by atoms with van der Waals surface area (Å²) in [5.41, 5.74) is 1.65. The van der Waals surface area contributed by atoms with Crippen LogP contribution in [0.15, 0.2) is 42.3 Å². The first-order valence-corrected chi connectivity index (χ1v) is 9.85. The molecule has 0 aliphatic heterocycles. The molecule has 136 valence electrons. The van der Waals surface area contributed by atoms with Crippen molar-refractivity contribution in [2.45, 2.75) is 53.1 Å². The normalized spacial score (nSPS) is 23.5. The molecule has 0 amide bonds. The summed E-state index contributed by atoms with van der Waals surface area (Å²) in [6.45, 7) is 16.5. The first-order chi connectivity index (χ1) is 11.8. The summed E-state index contributed by atoms with van der Waals surface area (Å²) in [6, 6.07) is 5.82. The highest BCUT2D eigenvalue weighted by molar-refractivity contribution is 8.11. The first kappa shape index (κ1) is 19.7. The summed E-state index contributed by atoms with van der Waals surface area (Å²) < 4.78 is 6.34. The zero-order valence-corrected chi connectivity index (χ0v) is 16.7. The van der Waals surface area contributed by atoms with Crippen molar-refractivity contribution in [2.75, 3.05) is 0 Å². The monoisotopic (exact) mass is 358 g/mol. The maximum atomic E-state index is 9.89. The van der Waals surface area contributed by atoms with Gasteiger partial charge in [0.2, 0.25) is 0 Å². The second-order valence-electron chi connectivity index (χ2n) is 7.02. The van der Waals surface area contributed by atoms with E-state index >= 15 is 0 Å². The fourth-order valence-corrected chi connectivity index (χ4v) is 4.15. The molecule has 3 heteroatoms. The van der Waals surface area contributed by atoms with E-state index in [1.165, 1.54) is 11.3 Å². The molecule has 0 heterocycles. The molecule has 1 saturated carbocycles. The molecule has 1 fully saturated rings. The van der Waals surface area contributed by atoms with E-state index < -0.39 is 0 Å². The van der Waals surface area contributed by atoms with Crippen LogP contribution >= 0.6 is 11.8 Å². The molecule has 2 rings (SSSR count). The van der Waals surface area contributed by atoms with Gasteiger partial charge in [0.05, 0.1) is 0 Å². The highest BCUT2D eigenvalue weighted by atomic mass is 32.2. The number of ether oxygens (including phenoxy) is 1. The molecule has 0 radical (unpaired) electrons. The molecule has 3 unspecified atom stereocenters. The van der Waals surface area contributed by atoms with E-state index in [4.69, 9.17) is 4.74 Å². The van der Waals surface area contributed by atoms with Gasteiger partial charge in [-0.1, -0.05) is 44.8 Å². The summed E-state index contributed by atoms with van der Waals surface area (Å²) in [5.74, 6) is 2.15. The Kier molecular flexibility index (Phi) is 6.83. The molecule has 0 spiro atoms. The van der Waals surface area contributed by atoms with Crippen molar-refractivity contribution in [3.63, 3.8) is 0 Å². The lowest BCUT2D eigenvalue weighted by Crippen LogP contribution is -2.21. The maximum absolute atomic E-state index is 9.89. The lowest BCUT2D eigenvalue weighted by molar-refractivity contribution is 0.155. The Morgan fingerprint density at radius 2 is 1.96 bits per heavy atom. The molecule has 0 saturated heterocycles. The van der Waals surface area contributed by atoms with Gasteiger partial charge in [-0.2, -0.15) is 0 Å². The Morgan fingerprint density at radius 3 is 2.56 bits per heavy atom. The van der Waals surface area contributed by atoms with E-state index in [1.807, 2.05) is 25.1 Å². The lowest BCUT2D eigenvalue weighted by Gasteiger charge is -2.21. The third kappa shape index (κ3) is 5.18. The molecule has 1 aliphatic rings. The quantitative estimate of drug-likeness (QED) is 0.530. The van der Waals surface area contributed by atoms with Crippen LogP contribution in [0.4, 0.5) is 0 Å². The van der Waals surface area contributed by atoms with Crippen LogP contribution in [0.2, 0.25) is 0 Å². The highest BCUT2D eigenvalue weighted by Gasteiger charge is 2.32. The smallest absolute Gasteiger partial charge is 0.121 e. The fourth-order valence-electron chi connectivity index (χ4n) is 3.41. The van der Waals surface area contributed by atoms with Gasteiger partial charge in [-0.05, 0) is 73.6 Å². The predicted octanol–water partition coefficient (Wildman–Crippen LogP) is 7.05. The molecule has 3 atom stereocenters. The van der Waals surface area contributed by atoms with Gasteiger partial charge < -0.3 is 9.84 Å². The van der Waals surface area contributed by atoms with Crippen LogP contribution < -0.4 is 4.74 Å². The summed E-state index contributed by atoms with van der Waals surface area (Å²) in [4.78, 5) is 2.13. The van der Waals surface area contributed by atoms with Crippen LogP contribution in [0.3, 0.4) is 0 Å². The van der Waals surface area contributed by atoms with E-state index in [0.717, 1.165) is 29.1 Å². The number of benzene rings is 1. The van der Waals surface area contributed by atoms with Crippen molar-refractivity contribution in [3.8, 4) is 5.75 Å². The Bertz CT molecular complexity index is 675. The number of aliphatic hydroxyl groups excluding tert-OH is 1. The van der Waals surface area contributed by atoms with Crippen molar-refractivity contribution in [3.05, 3.63) is 53.5 Å². The van der Waals surface area contributed by atoms with E-state index in [2.05, 4.69) is 40.0 Å². The highest BCUT2D eigenvalue weighted by Crippen LogP contribution is 2.38. The third-order valence-corrected chi connectivity index (χ3v) is 5.97. The second-order valence-corrected chi connectivity index (χ2v) is 8.36. The topological polar surface area (TPSA) is 29.5 Å². The number of rotatable bonds is 7. The van der Waals surface area contributed by atoms with E-state index in [1.54, 1.807) is 11.8 Å². The zero-order chi connectivity index (χ0) is 18.6. The van der Waals surface area contributed by atoms with Crippen LogP contribution in [-0.4, -0.2) is 11.2 Å². The van der Waals surface area contributed by atoms with Crippen molar-refractivity contribution in [1.29, 1.82) is 0 Å². The predicted molar refractivity (Wildman–Crippen MR) is 111 cm³/mol. The Labute approximate surface area is 156 Å². The van der Waals surface area contributed by atoms with Crippen LogP contribution in [-0.2, 0) is 0 Å². The SMILES string of the molecule is C=C(O)c1cc(OC2CC(C)CC2CC)cc(C(=C)S/C(C)=C\C)c1. The minimum absolute atomic E-state index is 0.0547. The number of hydrogen-bond acceptors (Lipinski definition) is 3. The van der Waals surface area contributed by atoms with Gasteiger partial charge in [-0.15, -0.1) is 0 Å². The second kappa shape index (κ2) is 8.66. The summed E-state index contributed by atoms with van der Waals surface area (Å²) in [5, 5.41) is 9.89. The summed E-state index contributed by atoms with van der Waals surface area (Å²) >= 11 is 1.63. The molecule has 1 aromatic carbocycles. The van der Waals surface area contributed by atoms with Gasteiger partial charge in [0, 0.05) is 10.5 Å². The molecular weight excluding hydrogens is 328 g/mol. The zero-order valence-electron chi connectivity index (χ0n) is 15.8. The summed E-state index contributed by atoms with van der Waals surface area (Å²) in [7, 11) is 0. The molecule has 2 nitrogen and oxygen atoms in total.